The van der Waals surface area contributed by atoms with Crippen LogP contribution in [0.2, 0.25) is 0 Å². The van der Waals surface area contributed by atoms with Crippen molar-refractivity contribution in [3.05, 3.63) is 18.2 Å². The fourth-order valence-electron chi connectivity index (χ4n) is 0.946. The highest BCUT2D eigenvalue weighted by Crippen LogP contribution is 1.93. The van der Waals surface area contributed by atoms with Gasteiger partial charge >= 0.3 is 0 Å². The van der Waals surface area contributed by atoms with E-state index in [1.54, 1.807) is 12.5 Å². The summed E-state index contributed by atoms with van der Waals surface area (Å²) in [5.74, 6) is 0.154. The standard InChI is InChI=1S/C9H15N3O/c1-7(2)9(13)11-4-3-8-5-10-6-12-8/h5-7H,3-4H2,1-2H3,(H,10,12)(H,11,13). The predicted octanol–water partition coefficient (Wildman–Crippen LogP) is 0.724. The first-order valence-electron chi connectivity index (χ1n) is 4.45. The lowest BCUT2D eigenvalue weighted by molar-refractivity contribution is -0.123. The van der Waals surface area contributed by atoms with Gasteiger partial charge < -0.3 is 10.3 Å². The molecule has 0 saturated carbocycles. The third kappa shape index (κ3) is 3.27. The van der Waals surface area contributed by atoms with Gasteiger partial charge in [-0.25, -0.2) is 4.98 Å². The average molecular weight is 181 g/mol. The van der Waals surface area contributed by atoms with Crippen molar-refractivity contribution in [2.45, 2.75) is 20.3 Å². The maximum atomic E-state index is 11.1. The van der Waals surface area contributed by atoms with Crippen molar-refractivity contribution in [3.8, 4) is 0 Å². The Kier molecular flexibility index (Phi) is 3.49. The zero-order chi connectivity index (χ0) is 9.68. The molecule has 0 fully saturated rings. The first-order valence-corrected chi connectivity index (χ1v) is 4.45. The van der Waals surface area contributed by atoms with Crippen LogP contribution in [0.25, 0.3) is 0 Å². The molecule has 0 aromatic carbocycles. The molecule has 13 heavy (non-hydrogen) atoms. The Labute approximate surface area is 77.8 Å². The topological polar surface area (TPSA) is 57.8 Å². The highest BCUT2D eigenvalue weighted by atomic mass is 16.1. The van der Waals surface area contributed by atoms with Crippen LogP contribution in [-0.2, 0) is 11.2 Å². The molecule has 0 aliphatic carbocycles. The SMILES string of the molecule is CC(C)C(=O)NCCc1cnc[nH]1. The van der Waals surface area contributed by atoms with Crippen molar-refractivity contribution < 1.29 is 4.79 Å². The monoisotopic (exact) mass is 181 g/mol. The van der Waals surface area contributed by atoms with Crippen LogP contribution >= 0.6 is 0 Å². The molecular formula is C9H15N3O. The van der Waals surface area contributed by atoms with Crippen molar-refractivity contribution in [1.29, 1.82) is 0 Å². The first kappa shape index (κ1) is 9.77. The Balaban J connectivity index is 2.18. The van der Waals surface area contributed by atoms with Crippen LogP contribution in [0, 0.1) is 5.92 Å². The van der Waals surface area contributed by atoms with E-state index >= 15 is 0 Å². The molecule has 1 heterocycles. The van der Waals surface area contributed by atoms with Crippen LogP contribution < -0.4 is 5.32 Å². The zero-order valence-corrected chi connectivity index (χ0v) is 8.00. The summed E-state index contributed by atoms with van der Waals surface area (Å²) in [5.41, 5.74) is 1.05. The lowest BCUT2D eigenvalue weighted by atomic mass is 10.2. The summed E-state index contributed by atoms with van der Waals surface area (Å²) in [6, 6.07) is 0. The minimum Gasteiger partial charge on any atom is -0.355 e. The Morgan fingerprint density at radius 3 is 3.00 bits per heavy atom. The molecule has 1 rings (SSSR count). The summed E-state index contributed by atoms with van der Waals surface area (Å²) in [5, 5.41) is 2.83. The molecule has 1 amide bonds. The van der Waals surface area contributed by atoms with E-state index in [1.807, 2.05) is 13.8 Å². The molecule has 0 radical (unpaired) electrons. The molecule has 0 bridgehead atoms. The number of imidazole rings is 1. The summed E-state index contributed by atoms with van der Waals surface area (Å²) in [6.07, 6.45) is 4.21. The lowest BCUT2D eigenvalue weighted by Gasteiger charge is -2.05. The number of carbonyl (C=O) groups is 1. The Morgan fingerprint density at radius 2 is 2.46 bits per heavy atom. The van der Waals surface area contributed by atoms with Crippen LogP contribution in [0.4, 0.5) is 0 Å². The summed E-state index contributed by atoms with van der Waals surface area (Å²) in [6.45, 7) is 4.43. The van der Waals surface area contributed by atoms with E-state index in [-0.39, 0.29) is 11.8 Å². The maximum absolute atomic E-state index is 11.1. The third-order valence-corrected chi connectivity index (χ3v) is 1.77. The Morgan fingerprint density at radius 1 is 1.69 bits per heavy atom. The predicted molar refractivity (Wildman–Crippen MR) is 50.1 cm³/mol. The fraction of sp³-hybridized carbons (Fsp3) is 0.556. The van der Waals surface area contributed by atoms with Gasteiger partial charge in [0.05, 0.1) is 6.33 Å². The van der Waals surface area contributed by atoms with Gasteiger partial charge in [0.15, 0.2) is 0 Å². The lowest BCUT2D eigenvalue weighted by Crippen LogP contribution is -2.29. The van der Waals surface area contributed by atoms with Gasteiger partial charge in [-0.05, 0) is 0 Å². The molecule has 0 saturated heterocycles. The summed E-state index contributed by atoms with van der Waals surface area (Å²) in [4.78, 5) is 18.0. The molecule has 4 heteroatoms. The van der Waals surface area contributed by atoms with Gasteiger partial charge in [-0.15, -0.1) is 0 Å². The van der Waals surface area contributed by atoms with Crippen molar-refractivity contribution in [1.82, 2.24) is 15.3 Å². The molecule has 0 aliphatic rings. The van der Waals surface area contributed by atoms with Crippen molar-refractivity contribution in [3.63, 3.8) is 0 Å². The van der Waals surface area contributed by atoms with Crippen molar-refractivity contribution >= 4 is 5.91 Å². The number of aromatic nitrogens is 2. The van der Waals surface area contributed by atoms with Gasteiger partial charge in [-0.3, -0.25) is 4.79 Å². The van der Waals surface area contributed by atoms with E-state index < -0.39 is 0 Å². The number of hydrogen-bond acceptors (Lipinski definition) is 2. The largest absolute Gasteiger partial charge is 0.355 e. The van der Waals surface area contributed by atoms with Crippen LogP contribution in [0.1, 0.15) is 19.5 Å². The second-order valence-electron chi connectivity index (χ2n) is 3.27. The number of H-pyrrole nitrogens is 1. The summed E-state index contributed by atoms with van der Waals surface area (Å²) in [7, 11) is 0. The van der Waals surface area contributed by atoms with Crippen LogP contribution in [0.3, 0.4) is 0 Å². The smallest absolute Gasteiger partial charge is 0.222 e. The molecule has 0 unspecified atom stereocenters. The van der Waals surface area contributed by atoms with E-state index in [9.17, 15) is 4.79 Å². The molecule has 1 aromatic rings. The van der Waals surface area contributed by atoms with Gasteiger partial charge in [-0.2, -0.15) is 0 Å². The van der Waals surface area contributed by atoms with E-state index in [1.165, 1.54) is 0 Å². The van der Waals surface area contributed by atoms with E-state index in [2.05, 4.69) is 15.3 Å². The molecule has 1 aromatic heterocycles. The minimum absolute atomic E-state index is 0.0572. The molecule has 0 aliphatic heterocycles. The Hall–Kier alpha value is -1.32. The van der Waals surface area contributed by atoms with Crippen LogP contribution in [0.5, 0.6) is 0 Å². The minimum atomic E-state index is 0.0572. The number of amides is 1. The number of hydrogen-bond donors (Lipinski definition) is 2. The number of nitrogens with one attached hydrogen (secondary N) is 2. The number of carbonyl (C=O) groups excluding carboxylic acids is 1. The second kappa shape index (κ2) is 4.64. The molecule has 0 atom stereocenters. The number of aromatic amines is 1. The highest BCUT2D eigenvalue weighted by molar-refractivity contribution is 5.77. The Bertz CT molecular complexity index is 254. The quantitative estimate of drug-likeness (QED) is 0.719. The van der Waals surface area contributed by atoms with Gasteiger partial charge in [0, 0.05) is 30.8 Å². The van der Waals surface area contributed by atoms with E-state index in [0.29, 0.717) is 6.54 Å². The fourth-order valence-corrected chi connectivity index (χ4v) is 0.946. The number of rotatable bonds is 4. The summed E-state index contributed by atoms with van der Waals surface area (Å²) >= 11 is 0. The second-order valence-corrected chi connectivity index (χ2v) is 3.27. The average Bonchev–Trinajstić information content (AvgIpc) is 2.56. The van der Waals surface area contributed by atoms with Gasteiger partial charge in [-0.1, -0.05) is 13.8 Å². The van der Waals surface area contributed by atoms with Gasteiger partial charge in [0.1, 0.15) is 0 Å². The van der Waals surface area contributed by atoms with E-state index in [4.69, 9.17) is 0 Å². The highest BCUT2D eigenvalue weighted by Gasteiger charge is 2.04. The molecular weight excluding hydrogens is 166 g/mol. The van der Waals surface area contributed by atoms with Gasteiger partial charge in [0.25, 0.3) is 0 Å². The molecule has 0 spiro atoms. The van der Waals surface area contributed by atoms with Crippen molar-refractivity contribution in [2.24, 2.45) is 5.92 Å². The zero-order valence-electron chi connectivity index (χ0n) is 8.00. The normalized spacial score (nSPS) is 10.4. The molecule has 2 N–H and O–H groups in total. The van der Waals surface area contributed by atoms with Crippen LogP contribution in [0.15, 0.2) is 12.5 Å². The third-order valence-electron chi connectivity index (χ3n) is 1.77. The molecule has 72 valence electrons. The first-order chi connectivity index (χ1) is 6.20. The van der Waals surface area contributed by atoms with E-state index in [0.717, 1.165) is 12.1 Å². The van der Waals surface area contributed by atoms with Gasteiger partial charge in [0.2, 0.25) is 5.91 Å². The molecule has 4 nitrogen and oxygen atoms in total. The summed E-state index contributed by atoms with van der Waals surface area (Å²) < 4.78 is 0. The maximum Gasteiger partial charge on any atom is 0.222 e. The van der Waals surface area contributed by atoms with Crippen molar-refractivity contribution in [2.75, 3.05) is 6.54 Å². The van der Waals surface area contributed by atoms with Crippen LogP contribution in [-0.4, -0.2) is 22.4 Å². The number of nitrogens with zero attached hydrogens (tertiary/aromatic N) is 1.